The van der Waals surface area contributed by atoms with Crippen molar-refractivity contribution < 1.29 is 13.7 Å². The van der Waals surface area contributed by atoms with Crippen LogP contribution in [-0.2, 0) is 16.6 Å². The number of nitrogen functional groups attached to an aromatic ring is 1. The molecule has 1 aliphatic rings. The largest absolute Gasteiger partial charge is 0.486 e. The van der Waals surface area contributed by atoms with Crippen LogP contribution in [0.15, 0.2) is 41.3 Å². The fourth-order valence-electron chi connectivity index (χ4n) is 2.19. The predicted molar refractivity (Wildman–Crippen MR) is 83.1 cm³/mol. The molecule has 0 amide bonds. The molecular formula is C16H17NO3S. The van der Waals surface area contributed by atoms with Crippen molar-refractivity contribution in [3.05, 3.63) is 47.5 Å². The number of anilines is 1. The van der Waals surface area contributed by atoms with Crippen LogP contribution in [0.1, 0.15) is 11.1 Å². The van der Waals surface area contributed by atoms with Crippen LogP contribution in [-0.4, -0.2) is 17.4 Å². The van der Waals surface area contributed by atoms with Gasteiger partial charge >= 0.3 is 0 Å². The number of fused-ring (bicyclic) bond motifs is 1. The van der Waals surface area contributed by atoms with E-state index in [4.69, 9.17) is 15.2 Å². The summed E-state index contributed by atoms with van der Waals surface area (Å²) in [5.41, 5.74) is 8.57. The van der Waals surface area contributed by atoms with Crippen molar-refractivity contribution in [3.63, 3.8) is 0 Å². The summed E-state index contributed by atoms with van der Waals surface area (Å²) in [5.74, 6) is 1.70. The Kier molecular flexibility index (Phi) is 3.84. The molecule has 1 heterocycles. The third-order valence-electron chi connectivity index (χ3n) is 3.37. The van der Waals surface area contributed by atoms with Gasteiger partial charge in [0.05, 0.1) is 16.6 Å². The number of aryl methyl sites for hydroxylation is 1. The van der Waals surface area contributed by atoms with Gasteiger partial charge < -0.3 is 15.2 Å². The molecule has 2 N–H and O–H groups in total. The van der Waals surface area contributed by atoms with Crippen molar-refractivity contribution in [1.82, 2.24) is 0 Å². The number of ether oxygens (including phenoxy) is 2. The van der Waals surface area contributed by atoms with Gasteiger partial charge in [0, 0.05) is 16.6 Å². The van der Waals surface area contributed by atoms with Crippen LogP contribution in [0.2, 0.25) is 0 Å². The molecule has 1 aliphatic heterocycles. The Morgan fingerprint density at radius 2 is 1.71 bits per heavy atom. The van der Waals surface area contributed by atoms with E-state index in [0.29, 0.717) is 36.2 Å². The third-order valence-corrected chi connectivity index (χ3v) is 4.75. The van der Waals surface area contributed by atoms with Crippen LogP contribution >= 0.6 is 0 Å². The summed E-state index contributed by atoms with van der Waals surface area (Å²) >= 11 is 0. The Morgan fingerprint density at radius 3 is 2.38 bits per heavy atom. The molecule has 0 radical (unpaired) electrons. The van der Waals surface area contributed by atoms with Gasteiger partial charge in [0.1, 0.15) is 13.2 Å². The van der Waals surface area contributed by atoms with E-state index in [1.54, 1.807) is 6.07 Å². The Bertz CT molecular complexity index is 683. The first-order valence-corrected chi connectivity index (χ1v) is 8.08. The minimum absolute atomic E-state index is 0.367. The average molecular weight is 303 g/mol. The van der Waals surface area contributed by atoms with Crippen molar-refractivity contribution >= 4 is 16.5 Å². The van der Waals surface area contributed by atoms with Gasteiger partial charge in [0.25, 0.3) is 0 Å². The lowest BCUT2D eigenvalue weighted by molar-refractivity contribution is 0.171. The fourth-order valence-corrected chi connectivity index (χ4v) is 3.33. The van der Waals surface area contributed by atoms with Crippen LogP contribution < -0.4 is 15.2 Å². The maximum absolute atomic E-state index is 12.4. The quantitative estimate of drug-likeness (QED) is 0.886. The molecule has 0 bridgehead atoms. The van der Waals surface area contributed by atoms with E-state index >= 15 is 0 Å². The van der Waals surface area contributed by atoms with E-state index < -0.39 is 10.8 Å². The highest BCUT2D eigenvalue weighted by Crippen LogP contribution is 2.35. The van der Waals surface area contributed by atoms with Crippen LogP contribution in [0.5, 0.6) is 11.5 Å². The fraction of sp³-hybridized carbons (Fsp3) is 0.250. The number of benzene rings is 2. The van der Waals surface area contributed by atoms with E-state index in [1.165, 1.54) is 0 Å². The number of hydrogen-bond acceptors (Lipinski definition) is 4. The smallest absolute Gasteiger partial charge is 0.163 e. The van der Waals surface area contributed by atoms with E-state index in [1.807, 2.05) is 37.3 Å². The highest BCUT2D eigenvalue weighted by atomic mass is 32.2. The molecule has 2 aromatic rings. The monoisotopic (exact) mass is 303 g/mol. The Labute approximate surface area is 126 Å². The van der Waals surface area contributed by atoms with Gasteiger partial charge in [-0.15, -0.1) is 0 Å². The number of hydrogen-bond donors (Lipinski definition) is 1. The van der Waals surface area contributed by atoms with Crippen molar-refractivity contribution in [3.8, 4) is 11.5 Å². The minimum Gasteiger partial charge on any atom is -0.486 e. The molecular weight excluding hydrogens is 286 g/mol. The zero-order valence-electron chi connectivity index (χ0n) is 11.8. The zero-order valence-corrected chi connectivity index (χ0v) is 12.6. The molecule has 21 heavy (non-hydrogen) atoms. The second kappa shape index (κ2) is 5.77. The molecule has 0 aliphatic carbocycles. The molecule has 0 saturated carbocycles. The second-order valence-corrected chi connectivity index (χ2v) is 6.45. The first-order chi connectivity index (χ1) is 10.1. The molecule has 4 nitrogen and oxygen atoms in total. The molecule has 1 unspecified atom stereocenters. The lowest BCUT2D eigenvalue weighted by Crippen LogP contribution is -2.16. The Balaban J connectivity index is 1.84. The van der Waals surface area contributed by atoms with Gasteiger partial charge in [0.15, 0.2) is 11.5 Å². The highest BCUT2D eigenvalue weighted by molar-refractivity contribution is 7.84. The summed E-state index contributed by atoms with van der Waals surface area (Å²) in [7, 11) is -1.13. The van der Waals surface area contributed by atoms with Crippen molar-refractivity contribution in [2.75, 3.05) is 18.9 Å². The molecule has 0 saturated heterocycles. The van der Waals surface area contributed by atoms with E-state index in [9.17, 15) is 4.21 Å². The van der Waals surface area contributed by atoms with Gasteiger partial charge in [-0.25, -0.2) is 0 Å². The van der Waals surface area contributed by atoms with Gasteiger partial charge in [-0.1, -0.05) is 17.7 Å². The summed E-state index contributed by atoms with van der Waals surface area (Å²) in [6, 6.07) is 11.3. The standard InChI is InChI=1S/C16H17NO3S/c1-11-2-4-13(5-3-11)21(18)10-12-8-15-16(9-14(12)17)20-7-6-19-15/h2-5,8-9H,6-7,10,17H2,1H3. The van der Waals surface area contributed by atoms with E-state index in [-0.39, 0.29) is 0 Å². The van der Waals surface area contributed by atoms with Crippen molar-refractivity contribution in [2.45, 2.75) is 17.6 Å². The van der Waals surface area contributed by atoms with Gasteiger partial charge in [-0.05, 0) is 30.7 Å². The van der Waals surface area contributed by atoms with Crippen LogP contribution in [0.25, 0.3) is 0 Å². The first kappa shape index (κ1) is 13.9. The molecule has 0 aromatic heterocycles. The van der Waals surface area contributed by atoms with Gasteiger partial charge in [0.2, 0.25) is 0 Å². The molecule has 0 fully saturated rings. The molecule has 0 spiro atoms. The summed E-state index contributed by atoms with van der Waals surface area (Å²) in [5, 5.41) is 0. The summed E-state index contributed by atoms with van der Waals surface area (Å²) in [6.07, 6.45) is 0. The number of rotatable bonds is 3. The van der Waals surface area contributed by atoms with Crippen LogP contribution in [0, 0.1) is 6.92 Å². The maximum atomic E-state index is 12.4. The summed E-state index contributed by atoms with van der Waals surface area (Å²) < 4.78 is 23.5. The maximum Gasteiger partial charge on any atom is 0.163 e. The van der Waals surface area contributed by atoms with Gasteiger partial charge in [-0.3, -0.25) is 4.21 Å². The average Bonchev–Trinajstić information content (AvgIpc) is 2.48. The molecule has 1 atom stereocenters. The molecule has 5 heteroatoms. The molecule has 2 aromatic carbocycles. The lowest BCUT2D eigenvalue weighted by atomic mass is 10.2. The normalized spacial score (nSPS) is 14.7. The van der Waals surface area contributed by atoms with E-state index in [2.05, 4.69) is 0 Å². The predicted octanol–water partition coefficient (Wildman–Crippen LogP) is 2.66. The summed E-state index contributed by atoms with van der Waals surface area (Å²) in [6.45, 7) is 3.06. The summed E-state index contributed by atoms with van der Waals surface area (Å²) in [4.78, 5) is 0.801. The Morgan fingerprint density at radius 1 is 1.10 bits per heavy atom. The first-order valence-electron chi connectivity index (χ1n) is 6.76. The third kappa shape index (κ3) is 3.03. The highest BCUT2D eigenvalue weighted by Gasteiger charge is 2.16. The minimum atomic E-state index is -1.13. The molecule has 110 valence electrons. The Hall–Kier alpha value is -2.01. The van der Waals surface area contributed by atoms with Crippen LogP contribution in [0.4, 0.5) is 5.69 Å². The SMILES string of the molecule is Cc1ccc(S(=O)Cc2cc3c(cc2N)OCCO3)cc1. The lowest BCUT2D eigenvalue weighted by Gasteiger charge is -2.20. The topological polar surface area (TPSA) is 61.6 Å². The van der Waals surface area contributed by atoms with Crippen molar-refractivity contribution in [2.24, 2.45) is 0 Å². The van der Waals surface area contributed by atoms with E-state index in [0.717, 1.165) is 16.0 Å². The van der Waals surface area contributed by atoms with Gasteiger partial charge in [-0.2, -0.15) is 0 Å². The zero-order chi connectivity index (χ0) is 14.8. The number of nitrogens with two attached hydrogens (primary N) is 1. The molecule has 3 rings (SSSR count). The van der Waals surface area contributed by atoms with Crippen LogP contribution in [0.3, 0.4) is 0 Å². The second-order valence-electron chi connectivity index (χ2n) is 5.00. The van der Waals surface area contributed by atoms with Crippen molar-refractivity contribution in [1.29, 1.82) is 0 Å².